The van der Waals surface area contributed by atoms with Crippen LogP contribution in [0.1, 0.15) is 52.9 Å². The zero-order valence-electron chi connectivity index (χ0n) is 11.3. The second-order valence-electron chi connectivity index (χ2n) is 5.72. The van der Waals surface area contributed by atoms with Gasteiger partial charge in [0.1, 0.15) is 5.60 Å². The predicted molar refractivity (Wildman–Crippen MR) is 70.7 cm³/mol. The fraction of sp³-hybridized carbons (Fsp3) is 0.667. The first-order chi connectivity index (χ1) is 7.92. The topological polar surface area (TPSA) is 26.3 Å². The third kappa shape index (κ3) is 5.20. The molecule has 0 heterocycles. The Morgan fingerprint density at radius 2 is 2.18 bits per heavy atom. The van der Waals surface area contributed by atoms with Gasteiger partial charge in [-0.3, -0.25) is 0 Å². The van der Waals surface area contributed by atoms with Crippen LogP contribution in [0.5, 0.6) is 0 Å². The summed E-state index contributed by atoms with van der Waals surface area (Å²) in [5.41, 5.74) is 0.835. The first-order valence-electron chi connectivity index (χ1n) is 6.46. The average molecular weight is 236 g/mol. The van der Waals surface area contributed by atoms with E-state index in [4.69, 9.17) is 4.74 Å². The van der Waals surface area contributed by atoms with Gasteiger partial charge in [-0.2, -0.15) is 0 Å². The highest BCUT2D eigenvalue weighted by molar-refractivity contribution is 5.83. The number of carbonyl (C=O) groups excluding carboxylic acids is 1. The Labute approximate surface area is 105 Å². The lowest BCUT2D eigenvalue weighted by molar-refractivity contribution is -0.148. The minimum Gasteiger partial charge on any atom is -0.457 e. The number of ether oxygens (including phenoxy) is 1. The summed E-state index contributed by atoms with van der Waals surface area (Å²) < 4.78 is 5.33. The maximum atomic E-state index is 11.8. The molecule has 1 atom stereocenters. The lowest BCUT2D eigenvalue weighted by Gasteiger charge is -2.25. The van der Waals surface area contributed by atoms with E-state index in [1.54, 1.807) is 6.08 Å². The Kier molecular flexibility index (Phi) is 4.98. The van der Waals surface area contributed by atoms with Crippen molar-refractivity contribution in [2.24, 2.45) is 5.92 Å². The van der Waals surface area contributed by atoms with Crippen molar-refractivity contribution in [3.63, 3.8) is 0 Å². The Hall–Kier alpha value is -1.05. The highest BCUT2D eigenvalue weighted by Crippen LogP contribution is 2.32. The molecule has 1 unspecified atom stereocenters. The van der Waals surface area contributed by atoms with Gasteiger partial charge in [-0.25, -0.2) is 4.79 Å². The zero-order chi connectivity index (χ0) is 12.9. The van der Waals surface area contributed by atoms with Gasteiger partial charge in [0.05, 0.1) is 0 Å². The molecule has 96 valence electrons. The molecule has 0 spiro atoms. The molecule has 0 saturated heterocycles. The van der Waals surface area contributed by atoms with E-state index in [9.17, 15) is 4.79 Å². The molecule has 0 aromatic carbocycles. The fourth-order valence-electron chi connectivity index (χ4n) is 2.25. The molecule has 0 aromatic heterocycles. The van der Waals surface area contributed by atoms with Gasteiger partial charge in [-0.15, -0.1) is 6.58 Å². The molecule has 1 aliphatic rings. The molecule has 17 heavy (non-hydrogen) atoms. The summed E-state index contributed by atoms with van der Waals surface area (Å²) in [6.45, 7) is 9.47. The van der Waals surface area contributed by atoms with Gasteiger partial charge in [0.15, 0.2) is 0 Å². The Bertz CT molecular complexity index is 307. The first-order valence-corrected chi connectivity index (χ1v) is 6.46. The maximum absolute atomic E-state index is 11.8. The van der Waals surface area contributed by atoms with Gasteiger partial charge in [0.2, 0.25) is 0 Å². The number of esters is 1. The lowest BCUT2D eigenvalue weighted by atomic mass is 9.82. The van der Waals surface area contributed by atoms with E-state index in [1.807, 2.05) is 26.8 Å². The van der Waals surface area contributed by atoms with Crippen molar-refractivity contribution in [3.05, 3.63) is 24.3 Å². The quantitative estimate of drug-likeness (QED) is 0.420. The van der Waals surface area contributed by atoms with Crippen LogP contribution in [0.4, 0.5) is 0 Å². The maximum Gasteiger partial charge on any atom is 0.331 e. The Morgan fingerprint density at radius 3 is 2.76 bits per heavy atom. The molecule has 1 fully saturated rings. The van der Waals surface area contributed by atoms with Crippen molar-refractivity contribution < 1.29 is 9.53 Å². The number of carbonyl (C=O) groups is 1. The second-order valence-corrected chi connectivity index (χ2v) is 5.72. The van der Waals surface area contributed by atoms with E-state index in [0.29, 0.717) is 5.92 Å². The van der Waals surface area contributed by atoms with Crippen molar-refractivity contribution in [1.82, 2.24) is 0 Å². The van der Waals surface area contributed by atoms with Gasteiger partial charge < -0.3 is 4.74 Å². The lowest BCUT2D eigenvalue weighted by Crippen LogP contribution is -2.23. The molecule has 0 aromatic rings. The van der Waals surface area contributed by atoms with Crippen molar-refractivity contribution >= 4 is 5.97 Å². The van der Waals surface area contributed by atoms with E-state index in [0.717, 1.165) is 12.8 Å². The summed E-state index contributed by atoms with van der Waals surface area (Å²) in [6.07, 6.45) is 9.25. The minimum atomic E-state index is -0.406. The molecule has 0 amide bonds. The summed E-state index contributed by atoms with van der Waals surface area (Å²) >= 11 is 0. The van der Waals surface area contributed by atoms with Crippen LogP contribution in [0.15, 0.2) is 24.3 Å². The summed E-state index contributed by atoms with van der Waals surface area (Å²) in [5.74, 6) is 0.289. The van der Waals surface area contributed by atoms with Crippen LogP contribution < -0.4 is 0 Å². The fourth-order valence-corrected chi connectivity index (χ4v) is 2.25. The Morgan fingerprint density at radius 1 is 1.47 bits per heavy atom. The van der Waals surface area contributed by atoms with Crippen LogP contribution in [0.2, 0.25) is 0 Å². The normalized spacial score (nSPS) is 23.5. The number of allylic oxidation sites excluding steroid dienone is 2. The van der Waals surface area contributed by atoms with E-state index >= 15 is 0 Å². The molecule has 1 rings (SSSR count). The van der Waals surface area contributed by atoms with Crippen molar-refractivity contribution in [1.29, 1.82) is 0 Å². The molecule has 2 heteroatoms. The molecular formula is C15H24O2. The third-order valence-electron chi connectivity index (χ3n) is 2.95. The molecule has 1 saturated carbocycles. The van der Waals surface area contributed by atoms with Crippen molar-refractivity contribution in [3.8, 4) is 0 Å². The molecule has 0 bridgehead atoms. The van der Waals surface area contributed by atoms with Crippen LogP contribution in [-0.4, -0.2) is 11.6 Å². The van der Waals surface area contributed by atoms with Crippen LogP contribution in [0.25, 0.3) is 0 Å². The van der Waals surface area contributed by atoms with Gasteiger partial charge in [-0.05, 0) is 52.4 Å². The second kappa shape index (κ2) is 6.04. The minimum absolute atomic E-state index is 0.205. The van der Waals surface area contributed by atoms with Crippen LogP contribution in [-0.2, 0) is 9.53 Å². The van der Waals surface area contributed by atoms with Crippen LogP contribution in [0.3, 0.4) is 0 Å². The molecule has 0 radical (unpaired) electrons. The summed E-state index contributed by atoms with van der Waals surface area (Å²) in [6, 6.07) is 0. The summed E-state index contributed by atoms with van der Waals surface area (Å²) in [5, 5.41) is 0. The van der Waals surface area contributed by atoms with Gasteiger partial charge >= 0.3 is 5.97 Å². The standard InChI is InChI=1S/C15H24O2/c1-5-8-12-9-6-7-10-13(12)11-14(16)17-15(2,3)4/h5,11-12H,1,6-10H2,2-4H3/b13-11+. The van der Waals surface area contributed by atoms with Crippen LogP contribution in [0, 0.1) is 5.92 Å². The smallest absolute Gasteiger partial charge is 0.331 e. The summed E-state index contributed by atoms with van der Waals surface area (Å²) in [7, 11) is 0. The zero-order valence-corrected chi connectivity index (χ0v) is 11.3. The average Bonchev–Trinajstić information content (AvgIpc) is 2.18. The molecular weight excluding hydrogens is 212 g/mol. The SMILES string of the molecule is C=CCC1CCCC/C1=C\C(=O)OC(C)(C)C. The Balaban J connectivity index is 2.66. The highest BCUT2D eigenvalue weighted by Gasteiger charge is 2.20. The van der Waals surface area contributed by atoms with E-state index in [2.05, 4.69) is 6.58 Å². The number of hydrogen-bond acceptors (Lipinski definition) is 2. The van der Waals surface area contributed by atoms with Gasteiger partial charge in [0.25, 0.3) is 0 Å². The van der Waals surface area contributed by atoms with Crippen molar-refractivity contribution in [2.75, 3.05) is 0 Å². The molecule has 2 nitrogen and oxygen atoms in total. The van der Waals surface area contributed by atoms with Gasteiger partial charge in [-0.1, -0.05) is 18.1 Å². The summed E-state index contributed by atoms with van der Waals surface area (Å²) in [4.78, 5) is 11.8. The van der Waals surface area contributed by atoms with Gasteiger partial charge in [0, 0.05) is 6.08 Å². The molecule has 0 aliphatic heterocycles. The van der Waals surface area contributed by atoms with E-state index < -0.39 is 5.60 Å². The van der Waals surface area contributed by atoms with E-state index in [-0.39, 0.29) is 5.97 Å². The first kappa shape index (κ1) is 14.0. The monoisotopic (exact) mass is 236 g/mol. The van der Waals surface area contributed by atoms with E-state index in [1.165, 1.54) is 24.8 Å². The highest BCUT2D eigenvalue weighted by atomic mass is 16.6. The number of rotatable bonds is 3. The third-order valence-corrected chi connectivity index (χ3v) is 2.95. The largest absolute Gasteiger partial charge is 0.457 e. The van der Waals surface area contributed by atoms with Crippen molar-refractivity contribution in [2.45, 2.75) is 58.5 Å². The predicted octanol–water partition coefficient (Wildman–Crippen LogP) is 4.02. The molecule has 0 N–H and O–H groups in total. The molecule has 1 aliphatic carbocycles. The number of hydrogen-bond donors (Lipinski definition) is 0. The van der Waals surface area contributed by atoms with Crippen LogP contribution >= 0.6 is 0 Å².